The van der Waals surface area contributed by atoms with Gasteiger partial charge in [0.05, 0.1) is 16.5 Å². The van der Waals surface area contributed by atoms with Crippen molar-refractivity contribution in [2.75, 3.05) is 0 Å². The predicted molar refractivity (Wildman–Crippen MR) is 74.4 cm³/mol. The second kappa shape index (κ2) is 5.04. The zero-order valence-corrected chi connectivity index (χ0v) is 11.7. The molecule has 19 heavy (non-hydrogen) atoms. The van der Waals surface area contributed by atoms with Gasteiger partial charge in [-0.25, -0.2) is 8.42 Å². The summed E-state index contributed by atoms with van der Waals surface area (Å²) in [6, 6.07) is 13.9. The number of nitriles is 1. The number of rotatable bonds is 2. The summed E-state index contributed by atoms with van der Waals surface area (Å²) in [5.41, 5.74) is 2.90. The van der Waals surface area contributed by atoms with Gasteiger partial charge in [-0.05, 0) is 41.8 Å². The van der Waals surface area contributed by atoms with Gasteiger partial charge in [0.15, 0.2) is 0 Å². The normalized spacial score (nSPS) is 11.0. The lowest BCUT2D eigenvalue weighted by molar-refractivity contribution is 0.609. The Balaban J connectivity index is 2.63. The van der Waals surface area contributed by atoms with Gasteiger partial charge in [0.1, 0.15) is 0 Å². The molecule has 3 nitrogen and oxygen atoms in total. The summed E-state index contributed by atoms with van der Waals surface area (Å²) >= 11 is 0. The van der Waals surface area contributed by atoms with Gasteiger partial charge in [0, 0.05) is 10.7 Å². The van der Waals surface area contributed by atoms with E-state index in [0.29, 0.717) is 5.56 Å². The molecule has 2 aromatic carbocycles. The molecule has 0 saturated carbocycles. The highest BCUT2D eigenvalue weighted by molar-refractivity contribution is 8.13. The summed E-state index contributed by atoms with van der Waals surface area (Å²) in [5.74, 6) is 0. The fourth-order valence-corrected chi connectivity index (χ4v) is 2.74. The minimum Gasteiger partial charge on any atom is -0.207 e. The Morgan fingerprint density at radius 1 is 1.11 bits per heavy atom. The maximum atomic E-state index is 11.3. The SMILES string of the molecule is Cc1cc(S(=O)(=O)Cl)ccc1-c1ccccc1C#N. The first kappa shape index (κ1) is 13.6. The summed E-state index contributed by atoms with van der Waals surface area (Å²) in [4.78, 5) is 0.0601. The van der Waals surface area contributed by atoms with Crippen LogP contribution in [0.4, 0.5) is 0 Å². The van der Waals surface area contributed by atoms with Crippen LogP contribution in [0.3, 0.4) is 0 Å². The number of benzene rings is 2. The van der Waals surface area contributed by atoms with Crippen LogP contribution < -0.4 is 0 Å². The minimum absolute atomic E-state index is 0.0601. The molecule has 0 aliphatic rings. The van der Waals surface area contributed by atoms with Crippen LogP contribution in [-0.2, 0) is 9.05 Å². The molecule has 0 heterocycles. The molecule has 2 rings (SSSR count). The third-order valence-electron chi connectivity index (χ3n) is 2.82. The molecule has 5 heteroatoms. The van der Waals surface area contributed by atoms with Gasteiger partial charge in [-0.3, -0.25) is 0 Å². The molecule has 0 atom stereocenters. The molecule has 0 unspecified atom stereocenters. The van der Waals surface area contributed by atoms with Crippen molar-refractivity contribution in [2.45, 2.75) is 11.8 Å². The molecule has 0 bridgehead atoms. The largest absolute Gasteiger partial charge is 0.261 e. The maximum Gasteiger partial charge on any atom is 0.261 e. The molecule has 0 radical (unpaired) electrons. The van der Waals surface area contributed by atoms with E-state index >= 15 is 0 Å². The molecule has 0 saturated heterocycles. The van der Waals surface area contributed by atoms with Crippen LogP contribution in [0, 0.1) is 18.3 Å². The average molecular weight is 292 g/mol. The lowest BCUT2D eigenvalue weighted by Crippen LogP contribution is -1.94. The Morgan fingerprint density at radius 3 is 2.37 bits per heavy atom. The fourth-order valence-electron chi connectivity index (χ4n) is 1.91. The average Bonchev–Trinajstić information content (AvgIpc) is 2.37. The molecular formula is C14H10ClNO2S. The van der Waals surface area contributed by atoms with Gasteiger partial charge in [-0.1, -0.05) is 24.3 Å². The van der Waals surface area contributed by atoms with Crippen molar-refractivity contribution in [1.29, 1.82) is 5.26 Å². The van der Waals surface area contributed by atoms with Crippen molar-refractivity contribution in [2.24, 2.45) is 0 Å². The van der Waals surface area contributed by atoms with Crippen LogP contribution in [0.25, 0.3) is 11.1 Å². The summed E-state index contributed by atoms with van der Waals surface area (Å²) in [7, 11) is 1.57. The molecule has 0 aliphatic heterocycles. The van der Waals surface area contributed by atoms with E-state index in [2.05, 4.69) is 6.07 Å². The quantitative estimate of drug-likeness (QED) is 0.796. The van der Waals surface area contributed by atoms with Gasteiger partial charge in [-0.15, -0.1) is 0 Å². The lowest BCUT2D eigenvalue weighted by atomic mass is 9.97. The number of nitrogens with zero attached hydrogens (tertiary/aromatic N) is 1. The first-order valence-corrected chi connectivity index (χ1v) is 7.79. The predicted octanol–water partition coefficient (Wildman–Crippen LogP) is 3.46. The highest BCUT2D eigenvalue weighted by Gasteiger charge is 2.13. The first-order chi connectivity index (χ1) is 8.93. The fraction of sp³-hybridized carbons (Fsp3) is 0.0714. The zero-order valence-electron chi connectivity index (χ0n) is 10.1. The van der Waals surface area contributed by atoms with Gasteiger partial charge in [0.25, 0.3) is 9.05 Å². The van der Waals surface area contributed by atoms with Gasteiger partial charge in [-0.2, -0.15) is 5.26 Å². The smallest absolute Gasteiger partial charge is 0.207 e. The second-order valence-electron chi connectivity index (χ2n) is 4.07. The Kier molecular flexibility index (Phi) is 3.61. The van der Waals surface area contributed by atoms with E-state index in [4.69, 9.17) is 15.9 Å². The summed E-state index contributed by atoms with van der Waals surface area (Å²) in [6.45, 7) is 1.79. The highest BCUT2D eigenvalue weighted by atomic mass is 35.7. The maximum absolute atomic E-state index is 11.3. The topological polar surface area (TPSA) is 57.9 Å². The van der Waals surface area contributed by atoms with Crippen molar-refractivity contribution in [3.63, 3.8) is 0 Å². The molecule has 96 valence electrons. The lowest BCUT2D eigenvalue weighted by Gasteiger charge is -2.09. The monoisotopic (exact) mass is 291 g/mol. The van der Waals surface area contributed by atoms with Crippen LogP contribution in [0.1, 0.15) is 11.1 Å². The van der Waals surface area contributed by atoms with Gasteiger partial charge in [0.2, 0.25) is 0 Å². The number of aryl methyl sites for hydroxylation is 1. The van der Waals surface area contributed by atoms with E-state index in [9.17, 15) is 8.42 Å². The molecule has 0 aliphatic carbocycles. The summed E-state index contributed by atoms with van der Waals surface area (Å²) in [5, 5.41) is 9.09. The number of halogens is 1. The van der Waals surface area contributed by atoms with E-state index in [1.54, 1.807) is 25.1 Å². The molecular weight excluding hydrogens is 282 g/mol. The summed E-state index contributed by atoms with van der Waals surface area (Å²) < 4.78 is 22.5. The molecule has 0 N–H and O–H groups in total. The third-order valence-corrected chi connectivity index (χ3v) is 4.17. The van der Waals surface area contributed by atoms with Crippen LogP contribution >= 0.6 is 10.7 Å². The van der Waals surface area contributed by atoms with E-state index in [0.717, 1.165) is 16.7 Å². The number of hydrogen-bond donors (Lipinski definition) is 0. The standard InChI is InChI=1S/C14H10ClNO2S/c1-10-8-12(19(15,17)18)6-7-13(10)14-5-3-2-4-11(14)9-16/h2-8H,1H3. The van der Waals surface area contributed by atoms with Crippen LogP contribution in [-0.4, -0.2) is 8.42 Å². The van der Waals surface area contributed by atoms with E-state index in [1.165, 1.54) is 12.1 Å². The number of hydrogen-bond acceptors (Lipinski definition) is 3. The molecule has 0 spiro atoms. The van der Waals surface area contributed by atoms with Crippen LogP contribution in [0.2, 0.25) is 0 Å². The van der Waals surface area contributed by atoms with Crippen LogP contribution in [0.5, 0.6) is 0 Å². The second-order valence-corrected chi connectivity index (χ2v) is 6.64. The Labute approximate surface area is 116 Å². The Morgan fingerprint density at radius 2 is 1.79 bits per heavy atom. The van der Waals surface area contributed by atoms with Crippen molar-refractivity contribution >= 4 is 19.7 Å². The Bertz CT molecular complexity index is 776. The van der Waals surface area contributed by atoms with Crippen molar-refractivity contribution in [1.82, 2.24) is 0 Å². The van der Waals surface area contributed by atoms with Crippen molar-refractivity contribution in [3.8, 4) is 17.2 Å². The molecule has 0 amide bonds. The minimum atomic E-state index is -3.73. The third kappa shape index (κ3) is 2.78. The van der Waals surface area contributed by atoms with Crippen molar-refractivity contribution in [3.05, 3.63) is 53.6 Å². The van der Waals surface area contributed by atoms with Gasteiger partial charge < -0.3 is 0 Å². The van der Waals surface area contributed by atoms with E-state index in [-0.39, 0.29) is 4.90 Å². The first-order valence-electron chi connectivity index (χ1n) is 5.48. The van der Waals surface area contributed by atoms with Crippen LogP contribution in [0.15, 0.2) is 47.4 Å². The van der Waals surface area contributed by atoms with E-state index in [1.807, 2.05) is 12.1 Å². The molecule has 0 fully saturated rings. The van der Waals surface area contributed by atoms with Gasteiger partial charge >= 0.3 is 0 Å². The molecule has 0 aromatic heterocycles. The van der Waals surface area contributed by atoms with Crippen molar-refractivity contribution < 1.29 is 8.42 Å². The Hall–Kier alpha value is -1.83. The highest BCUT2D eigenvalue weighted by Crippen LogP contribution is 2.29. The summed E-state index contributed by atoms with van der Waals surface area (Å²) in [6.07, 6.45) is 0. The molecule has 2 aromatic rings. The zero-order chi connectivity index (χ0) is 14.0. The van der Waals surface area contributed by atoms with E-state index < -0.39 is 9.05 Å².